The minimum Gasteiger partial charge on any atom is -0.399 e. The lowest BCUT2D eigenvalue weighted by Gasteiger charge is -2.32. The molecule has 4 rings (SSSR count). The summed E-state index contributed by atoms with van der Waals surface area (Å²) in [6, 6.07) is 16.8. The third-order valence-electron chi connectivity index (χ3n) is 6.75. The molecule has 1 saturated heterocycles. The second-order valence-corrected chi connectivity index (χ2v) is 9.27. The van der Waals surface area contributed by atoms with Gasteiger partial charge in [0, 0.05) is 43.5 Å². The lowest BCUT2D eigenvalue weighted by atomic mass is 9.89. The fourth-order valence-electron chi connectivity index (χ4n) is 4.52. The predicted octanol–water partition coefficient (Wildman–Crippen LogP) is 3.67. The number of nitrogen functional groups attached to an aromatic ring is 1. The molecule has 1 aliphatic rings. The number of likely N-dealkylation sites (tertiary alicyclic amines) is 1. The van der Waals surface area contributed by atoms with Crippen molar-refractivity contribution in [2.45, 2.75) is 25.7 Å². The van der Waals surface area contributed by atoms with Gasteiger partial charge in [-0.25, -0.2) is 4.98 Å². The SMILES string of the molecule is Cc1ccc(C(=O)N2CCC(c3ccc(N)cc3)CC2)cc1C(=O)Nc1ccc(N(C)CCO)nc1. The quantitative estimate of drug-likeness (QED) is 0.439. The molecule has 0 unspecified atom stereocenters. The minimum atomic E-state index is -0.289. The molecule has 0 bridgehead atoms. The van der Waals surface area contributed by atoms with Gasteiger partial charge in [0.2, 0.25) is 0 Å². The Morgan fingerprint density at radius 3 is 2.47 bits per heavy atom. The number of hydrogen-bond donors (Lipinski definition) is 3. The molecule has 188 valence electrons. The van der Waals surface area contributed by atoms with Gasteiger partial charge in [-0.05, 0) is 73.2 Å². The predicted molar refractivity (Wildman–Crippen MR) is 142 cm³/mol. The lowest BCUT2D eigenvalue weighted by molar-refractivity contribution is 0.0713. The number of carbonyl (C=O) groups is 2. The van der Waals surface area contributed by atoms with Gasteiger partial charge in [0.15, 0.2) is 0 Å². The van der Waals surface area contributed by atoms with Crippen LogP contribution in [-0.4, -0.2) is 60.1 Å². The van der Waals surface area contributed by atoms with Gasteiger partial charge in [0.25, 0.3) is 11.8 Å². The first kappa shape index (κ1) is 25.2. The molecule has 2 aromatic carbocycles. The summed E-state index contributed by atoms with van der Waals surface area (Å²) in [5, 5.41) is 11.9. The van der Waals surface area contributed by atoms with E-state index in [9.17, 15) is 9.59 Å². The first-order valence-corrected chi connectivity index (χ1v) is 12.2. The number of carbonyl (C=O) groups excluding carboxylic acids is 2. The molecule has 0 radical (unpaired) electrons. The van der Waals surface area contributed by atoms with Crippen molar-refractivity contribution in [3.63, 3.8) is 0 Å². The number of piperidine rings is 1. The van der Waals surface area contributed by atoms with E-state index in [1.807, 2.05) is 42.0 Å². The first-order valence-electron chi connectivity index (χ1n) is 12.2. The lowest BCUT2D eigenvalue weighted by Crippen LogP contribution is -2.38. The van der Waals surface area contributed by atoms with Gasteiger partial charge in [0.1, 0.15) is 5.82 Å². The van der Waals surface area contributed by atoms with Crippen molar-refractivity contribution in [3.8, 4) is 0 Å². The van der Waals surface area contributed by atoms with Crippen LogP contribution in [-0.2, 0) is 0 Å². The molecular formula is C28H33N5O3. The number of hydrogen-bond acceptors (Lipinski definition) is 6. The second kappa shape index (κ2) is 11.2. The highest BCUT2D eigenvalue weighted by Crippen LogP contribution is 2.29. The van der Waals surface area contributed by atoms with Crippen molar-refractivity contribution >= 4 is 29.0 Å². The maximum Gasteiger partial charge on any atom is 0.255 e. The third-order valence-corrected chi connectivity index (χ3v) is 6.75. The highest BCUT2D eigenvalue weighted by atomic mass is 16.3. The van der Waals surface area contributed by atoms with Crippen molar-refractivity contribution in [1.29, 1.82) is 0 Å². The van der Waals surface area contributed by atoms with Gasteiger partial charge in [-0.1, -0.05) is 18.2 Å². The number of aliphatic hydroxyl groups excluding tert-OH is 1. The van der Waals surface area contributed by atoms with Crippen LogP contribution in [0.15, 0.2) is 60.8 Å². The van der Waals surface area contributed by atoms with Crippen LogP contribution < -0.4 is 16.0 Å². The smallest absolute Gasteiger partial charge is 0.255 e. The average Bonchev–Trinajstić information content (AvgIpc) is 2.89. The number of aromatic nitrogens is 1. The number of rotatable bonds is 7. The topological polar surface area (TPSA) is 112 Å². The van der Waals surface area contributed by atoms with E-state index >= 15 is 0 Å². The van der Waals surface area contributed by atoms with E-state index in [2.05, 4.69) is 22.4 Å². The molecule has 1 aliphatic heterocycles. The molecule has 2 amide bonds. The number of nitrogens with two attached hydrogens (primary N) is 1. The van der Waals surface area contributed by atoms with Crippen LogP contribution in [0.5, 0.6) is 0 Å². The Labute approximate surface area is 211 Å². The monoisotopic (exact) mass is 487 g/mol. The summed E-state index contributed by atoms with van der Waals surface area (Å²) in [5.41, 5.74) is 10.1. The van der Waals surface area contributed by atoms with Crippen LogP contribution in [0.1, 0.15) is 50.6 Å². The molecule has 2 heterocycles. The van der Waals surface area contributed by atoms with Crippen molar-refractivity contribution in [1.82, 2.24) is 9.88 Å². The standard InChI is InChI=1S/C28H33N5O3/c1-19-3-4-22(28(36)33-13-11-21(12-14-33)20-5-7-23(29)8-6-20)17-25(19)27(35)31-24-9-10-26(30-18-24)32(2)15-16-34/h3-10,17-18,21,34H,11-16,29H2,1-2H3,(H,31,35). The van der Waals surface area contributed by atoms with Gasteiger partial charge >= 0.3 is 0 Å². The summed E-state index contributed by atoms with van der Waals surface area (Å²) in [6.07, 6.45) is 3.37. The normalized spacial score (nSPS) is 13.9. The van der Waals surface area contributed by atoms with E-state index in [1.165, 1.54) is 5.56 Å². The van der Waals surface area contributed by atoms with Crippen LogP contribution in [0.3, 0.4) is 0 Å². The number of aryl methyl sites for hydroxylation is 1. The number of benzene rings is 2. The Morgan fingerprint density at radius 2 is 1.83 bits per heavy atom. The highest BCUT2D eigenvalue weighted by molar-refractivity contribution is 6.07. The third kappa shape index (κ3) is 5.83. The highest BCUT2D eigenvalue weighted by Gasteiger charge is 2.25. The molecule has 1 fully saturated rings. The van der Waals surface area contributed by atoms with E-state index in [-0.39, 0.29) is 18.4 Å². The van der Waals surface area contributed by atoms with E-state index in [1.54, 1.807) is 30.5 Å². The molecule has 8 heteroatoms. The van der Waals surface area contributed by atoms with Crippen molar-refractivity contribution in [2.24, 2.45) is 0 Å². The van der Waals surface area contributed by atoms with Crippen LogP contribution in [0.4, 0.5) is 17.2 Å². The largest absolute Gasteiger partial charge is 0.399 e. The fraction of sp³-hybridized carbons (Fsp3) is 0.321. The van der Waals surface area contributed by atoms with Crippen LogP contribution in [0.2, 0.25) is 0 Å². The number of nitrogens with one attached hydrogen (secondary N) is 1. The summed E-state index contributed by atoms with van der Waals surface area (Å²) in [4.78, 5) is 34.3. The van der Waals surface area contributed by atoms with Gasteiger partial charge in [0.05, 0.1) is 18.5 Å². The first-order chi connectivity index (χ1) is 17.4. The number of anilines is 3. The van der Waals surface area contributed by atoms with Crippen molar-refractivity contribution in [3.05, 3.63) is 83.0 Å². The van der Waals surface area contributed by atoms with Crippen LogP contribution in [0.25, 0.3) is 0 Å². The molecule has 1 aromatic heterocycles. The Morgan fingerprint density at radius 1 is 1.11 bits per heavy atom. The molecule has 0 saturated carbocycles. The number of likely N-dealkylation sites (N-methyl/N-ethyl adjacent to an activating group) is 1. The fourth-order valence-corrected chi connectivity index (χ4v) is 4.52. The number of nitrogens with zero attached hydrogens (tertiary/aromatic N) is 3. The van der Waals surface area contributed by atoms with Gasteiger partial charge in [-0.3, -0.25) is 9.59 Å². The van der Waals surface area contributed by atoms with Crippen LogP contribution >= 0.6 is 0 Å². The molecule has 0 spiro atoms. The molecule has 0 aliphatic carbocycles. The average molecular weight is 488 g/mol. The van der Waals surface area contributed by atoms with Gasteiger partial charge < -0.3 is 26.0 Å². The Balaban J connectivity index is 1.40. The van der Waals surface area contributed by atoms with Crippen molar-refractivity contribution < 1.29 is 14.7 Å². The summed E-state index contributed by atoms with van der Waals surface area (Å²) in [7, 11) is 1.84. The van der Waals surface area contributed by atoms with Gasteiger partial charge in [-0.15, -0.1) is 0 Å². The molecule has 8 nitrogen and oxygen atoms in total. The maximum atomic E-state index is 13.2. The molecule has 4 N–H and O–H groups in total. The Hall–Kier alpha value is -3.91. The molecule has 36 heavy (non-hydrogen) atoms. The number of pyridine rings is 1. The second-order valence-electron chi connectivity index (χ2n) is 9.27. The maximum absolute atomic E-state index is 13.2. The molecule has 0 atom stereocenters. The van der Waals surface area contributed by atoms with Crippen molar-refractivity contribution in [2.75, 3.05) is 49.2 Å². The molecule has 3 aromatic rings. The number of amides is 2. The van der Waals surface area contributed by atoms with Gasteiger partial charge in [-0.2, -0.15) is 0 Å². The zero-order valence-electron chi connectivity index (χ0n) is 20.8. The van der Waals surface area contributed by atoms with E-state index in [0.29, 0.717) is 48.2 Å². The van der Waals surface area contributed by atoms with E-state index in [0.717, 1.165) is 24.1 Å². The zero-order valence-corrected chi connectivity index (χ0v) is 20.8. The molecular weight excluding hydrogens is 454 g/mol. The Kier molecular flexibility index (Phi) is 7.85. The zero-order chi connectivity index (χ0) is 25.7. The van der Waals surface area contributed by atoms with E-state index in [4.69, 9.17) is 10.8 Å². The Bertz CT molecular complexity index is 1200. The minimum absolute atomic E-state index is 0.0333. The van der Waals surface area contributed by atoms with E-state index < -0.39 is 0 Å². The summed E-state index contributed by atoms with van der Waals surface area (Å²) in [5.74, 6) is 0.767. The van der Waals surface area contributed by atoms with Crippen LogP contribution in [0, 0.1) is 6.92 Å². The summed E-state index contributed by atoms with van der Waals surface area (Å²) >= 11 is 0. The summed E-state index contributed by atoms with van der Waals surface area (Å²) < 4.78 is 0. The number of aliphatic hydroxyl groups is 1. The summed E-state index contributed by atoms with van der Waals surface area (Å²) in [6.45, 7) is 3.70.